The van der Waals surface area contributed by atoms with Gasteiger partial charge in [0, 0.05) is 0 Å². The molecule has 10 heteroatoms. The molecule has 0 unspecified atom stereocenters. The summed E-state index contributed by atoms with van der Waals surface area (Å²) in [6.45, 7) is 0. The van der Waals surface area contributed by atoms with Crippen LogP contribution in [0.5, 0.6) is 28.7 Å². The zero-order valence-corrected chi connectivity index (χ0v) is 18.3. The van der Waals surface area contributed by atoms with E-state index in [1.807, 2.05) is 0 Å². The fraction of sp³-hybridized carbons (Fsp3) is 0.222. The molecular weight excluding hydrogens is 455 g/mol. The summed E-state index contributed by atoms with van der Waals surface area (Å²) in [6, 6.07) is 6.87. The summed E-state index contributed by atoms with van der Waals surface area (Å²) in [5.74, 6) is 1.71. The van der Waals surface area contributed by atoms with Gasteiger partial charge in [-0.1, -0.05) is 0 Å². The van der Waals surface area contributed by atoms with Crippen LogP contribution in [0.1, 0.15) is 11.1 Å². The third-order valence-electron chi connectivity index (χ3n) is 3.69. The Morgan fingerprint density at radius 3 is 1.82 bits per heavy atom. The molecule has 0 aliphatic heterocycles. The maximum absolute atomic E-state index is 9.27. The van der Waals surface area contributed by atoms with E-state index in [1.54, 1.807) is 36.4 Å². The normalized spacial score (nSPS) is 12.0. The number of rotatable bonds is 8. The molecule has 0 aliphatic carbocycles. The van der Waals surface area contributed by atoms with Crippen molar-refractivity contribution >= 4 is 36.3 Å². The van der Waals surface area contributed by atoms with Gasteiger partial charge in [0.25, 0.3) is 0 Å². The van der Waals surface area contributed by atoms with Crippen molar-refractivity contribution in [1.82, 2.24) is 0 Å². The van der Waals surface area contributed by atoms with Crippen molar-refractivity contribution in [1.29, 1.82) is 0 Å². The molecule has 2 aromatic carbocycles. The van der Waals surface area contributed by atoms with Gasteiger partial charge in [0.15, 0.2) is 0 Å². The van der Waals surface area contributed by atoms with Crippen LogP contribution in [-0.4, -0.2) is 43.1 Å². The third-order valence-corrected chi connectivity index (χ3v) is 4.99. The first kappa shape index (κ1) is 22.3. The Bertz CT molecular complexity index is 838. The number of benzene rings is 2. The average Bonchev–Trinajstić information content (AvgIpc) is 2.66. The van der Waals surface area contributed by atoms with E-state index in [-0.39, 0.29) is 11.5 Å². The van der Waals surface area contributed by atoms with Crippen LogP contribution in [0, 0.1) is 0 Å². The molecule has 2 aromatic rings. The second kappa shape index (κ2) is 9.45. The Labute approximate surface area is 171 Å². The van der Waals surface area contributed by atoms with E-state index in [1.165, 1.54) is 28.4 Å². The first-order valence-corrected chi connectivity index (χ1v) is 10.5. The van der Waals surface area contributed by atoms with Gasteiger partial charge in [0.1, 0.15) is 0 Å². The Morgan fingerprint density at radius 1 is 0.786 bits per heavy atom. The average molecular weight is 477 g/mol. The molecule has 154 valence electrons. The van der Waals surface area contributed by atoms with Gasteiger partial charge >= 0.3 is 171 Å². The number of hydrogen-bond donors (Lipinski definition) is 3. The molecule has 2 rings (SSSR count). The fourth-order valence-corrected chi connectivity index (χ4v) is 3.63. The number of hydrogen-bond acceptors (Lipinski definition) is 8. The van der Waals surface area contributed by atoms with Crippen LogP contribution in [0.4, 0.5) is 0 Å². The minimum absolute atomic E-state index is 0.0197. The van der Waals surface area contributed by atoms with Crippen molar-refractivity contribution in [2.24, 2.45) is 0 Å². The molecule has 0 atom stereocenters. The van der Waals surface area contributed by atoms with E-state index < -0.39 is 8.17 Å². The SMILES string of the molecule is COc1cc(/C=C\c2ccc(OC)c(O[PH](O)(O)O)c2Br)cc(OC)c1OC. The Kier molecular flexibility index (Phi) is 7.51. The standard InChI is InChI=1S/C18H22BrO8P/c1-23-13-8-7-12(16(19)18(13)27-28(20,21)22)6-5-11-9-14(24-2)17(26-4)15(10-11)25-3/h5-10,20-22,28H,1-4H3/b6-5-. The maximum atomic E-state index is 9.27. The predicted octanol–water partition coefficient (Wildman–Crippen LogP) is 3.42. The Balaban J connectivity index is 2.45. The van der Waals surface area contributed by atoms with Crippen molar-refractivity contribution in [2.75, 3.05) is 28.4 Å². The van der Waals surface area contributed by atoms with E-state index in [2.05, 4.69) is 15.9 Å². The van der Waals surface area contributed by atoms with E-state index in [0.29, 0.717) is 27.3 Å². The molecule has 0 amide bonds. The van der Waals surface area contributed by atoms with Gasteiger partial charge in [-0.05, 0) is 0 Å². The summed E-state index contributed by atoms with van der Waals surface area (Å²) in [5.41, 5.74) is 1.41. The molecule has 0 aliphatic rings. The Hall–Kier alpha value is -2.03. The number of methoxy groups -OCH3 is 4. The van der Waals surface area contributed by atoms with Gasteiger partial charge in [0.2, 0.25) is 0 Å². The molecule has 0 heterocycles. The van der Waals surface area contributed by atoms with Crippen LogP contribution in [0.25, 0.3) is 12.2 Å². The first-order chi connectivity index (χ1) is 13.2. The van der Waals surface area contributed by atoms with Crippen LogP contribution < -0.4 is 23.5 Å². The monoisotopic (exact) mass is 476 g/mol. The number of halogens is 1. The van der Waals surface area contributed by atoms with Crippen molar-refractivity contribution in [3.63, 3.8) is 0 Å². The third kappa shape index (κ3) is 5.27. The van der Waals surface area contributed by atoms with Crippen LogP contribution >= 0.6 is 24.1 Å². The summed E-state index contributed by atoms with van der Waals surface area (Å²) in [7, 11) is 1.18. The van der Waals surface area contributed by atoms with Crippen molar-refractivity contribution in [3.05, 3.63) is 39.9 Å². The van der Waals surface area contributed by atoms with Gasteiger partial charge in [-0.2, -0.15) is 0 Å². The molecule has 0 radical (unpaired) electrons. The van der Waals surface area contributed by atoms with E-state index in [9.17, 15) is 14.7 Å². The molecule has 3 N–H and O–H groups in total. The molecule has 0 bridgehead atoms. The quantitative estimate of drug-likeness (QED) is 0.393. The second-order valence-corrected chi connectivity index (χ2v) is 7.61. The van der Waals surface area contributed by atoms with Crippen LogP contribution in [0.3, 0.4) is 0 Å². The van der Waals surface area contributed by atoms with E-state index in [0.717, 1.165) is 5.56 Å². The first-order valence-electron chi connectivity index (χ1n) is 7.94. The van der Waals surface area contributed by atoms with Gasteiger partial charge in [-0.25, -0.2) is 0 Å². The molecular formula is C18H22BrO8P. The van der Waals surface area contributed by atoms with Crippen molar-refractivity contribution in [3.8, 4) is 28.7 Å². The van der Waals surface area contributed by atoms with E-state index >= 15 is 0 Å². The van der Waals surface area contributed by atoms with Gasteiger partial charge in [-0.15, -0.1) is 0 Å². The molecule has 0 fully saturated rings. The van der Waals surface area contributed by atoms with Crippen LogP contribution in [0.2, 0.25) is 0 Å². The Morgan fingerprint density at radius 2 is 1.36 bits per heavy atom. The van der Waals surface area contributed by atoms with Crippen molar-refractivity contribution < 1.29 is 38.2 Å². The van der Waals surface area contributed by atoms with Gasteiger partial charge < -0.3 is 0 Å². The van der Waals surface area contributed by atoms with Gasteiger partial charge in [0.05, 0.1) is 0 Å². The fourth-order valence-electron chi connectivity index (χ4n) is 2.46. The molecule has 8 nitrogen and oxygen atoms in total. The molecule has 0 aromatic heterocycles. The topological polar surface area (TPSA) is 107 Å². The molecule has 28 heavy (non-hydrogen) atoms. The summed E-state index contributed by atoms with van der Waals surface area (Å²) >= 11 is 3.34. The predicted molar refractivity (Wildman–Crippen MR) is 111 cm³/mol. The van der Waals surface area contributed by atoms with Crippen molar-refractivity contribution in [2.45, 2.75) is 0 Å². The van der Waals surface area contributed by atoms with Crippen LogP contribution in [-0.2, 0) is 0 Å². The summed E-state index contributed by atoms with van der Waals surface area (Å²) in [6.07, 6.45) is 3.55. The van der Waals surface area contributed by atoms with E-state index in [4.69, 9.17) is 23.5 Å². The zero-order valence-electron chi connectivity index (χ0n) is 15.7. The molecule has 0 saturated carbocycles. The zero-order chi connectivity index (χ0) is 20.9. The number of ether oxygens (including phenoxy) is 4. The summed E-state index contributed by atoms with van der Waals surface area (Å²) < 4.78 is 26.4. The second-order valence-electron chi connectivity index (χ2n) is 5.47. The summed E-state index contributed by atoms with van der Waals surface area (Å²) in [5, 5.41) is 0. The minimum atomic E-state index is -4.80. The molecule has 0 spiro atoms. The van der Waals surface area contributed by atoms with Gasteiger partial charge in [-0.3, -0.25) is 0 Å². The summed E-state index contributed by atoms with van der Waals surface area (Å²) in [4.78, 5) is 27.8. The van der Waals surface area contributed by atoms with Crippen LogP contribution in [0.15, 0.2) is 28.7 Å². The molecule has 0 saturated heterocycles.